The standard InChI is InChI=1S/C30H22Cl4N4O2/c31-23-9-1-19(2-10-23)27-35-39-29(21-5-13-25(33)14-6-21)37(27)17-18-38-28(20-3-11-24(32)12-4-20)36-40-30(38)22-7-15-26(34)16-8-22/h1-16,29-30H,17-18H2. The lowest BCUT2D eigenvalue weighted by atomic mass is 10.1. The van der Waals surface area contributed by atoms with Crippen LogP contribution in [0.25, 0.3) is 0 Å². The third-order valence-corrected chi connectivity index (χ3v) is 7.69. The summed E-state index contributed by atoms with van der Waals surface area (Å²) in [7, 11) is 0. The van der Waals surface area contributed by atoms with Gasteiger partial charge in [0.1, 0.15) is 0 Å². The van der Waals surface area contributed by atoms with E-state index < -0.39 is 12.5 Å². The van der Waals surface area contributed by atoms with Crippen molar-refractivity contribution in [3.05, 3.63) is 139 Å². The van der Waals surface area contributed by atoms with Crippen LogP contribution in [0, 0.1) is 0 Å². The van der Waals surface area contributed by atoms with Gasteiger partial charge in [0, 0.05) is 55.4 Å². The van der Waals surface area contributed by atoms with Gasteiger partial charge >= 0.3 is 0 Å². The van der Waals surface area contributed by atoms with Gasteiger partial charge < -0.3 is 19.5 Å². The molecule has 0 saturated heterocycles. The number of hydrogen-bond acceptors (Lipinski definition) is 6. The first kappa shape index (κ1) is 26.8. The Balaban J connectivity index is 1.32. The Morgan fingerprint density at radius 2 is 0.775 bits per heavy atom. The van der Waals surface area contributed by atoms with E-state index >= 15 is 0 Å². The summed E-state index contributed by atoms with van der Waals surface area (Å²) in [6.45, 7) is 1.07. The largest absolute Gasteiger partial charge is 0.363 e. The van der Waals surface area contributed by atoms with Crippen LogP contribution in [0.15, 0.2) is 107 Å². The molecule has 4 aromatic carbocycles. The molecule has 0 saturated carbocycles. The molecule has 2 aliphatic rings. The van der Waals surface area contributed by atoms with Crippen LogP contribution in [0.3, 0.4) is 0 Å². The van der Waals surface area contributed by atoms with Crippen molar-refractivity contribution in [1.82, 2.24) is 9.80 Å². The third-order valence-electron chi connectivity index (χ3n) is 6.69. The van der Waals surface area contributed by atoms with E-state index in [1.54, 1.807) is 0 Å². The highest BCUT2D eigenvalue weighted by Crippen LogP contribution is 2.34. The monoisotopic (exact) mass is 610 g/mol. The first-order valence-corrected chi connectivity index (χ1v) is 14.0. The molecule has 2 aliphatic heterocycles. The lowest BCUT2D eigenvalue weighted by Crippen LogP contribution is -2.41. The predicted molar refractivity (Wildman–Crippen MR) is 160 cm³/mol. The average molecular weight is 612 g/mol. The van der Waals surface area contributed by atoms with Gasteiger partial charge in [0.2, 0.25) is 12.5 Å². The predicted octanol–water partition coefficient (Wildman–Crippen LogP) is 8.39. The topological polar surface area (TPSA) is 49.7 Å². The second-order valence-electron chi connectivity index (χ2n) is 9.25. The fourth-order valence-corrected chi connectivity index (χ4v) is 5.18. The fourth-order valence-electron chi connectivity index (χ4n) is 4.67. The van der Waals surface area contributed by atoms with E-state index in [9.17, 15) is 0 Å². The Morgan fingerprint density at radius 1 is 0.475 bits per heavy atom. The molecule has 10 heteroatoms. The van der Waals surface area contributed by atoms with E-state index in [1.165, 1.54) is 0 Å². The van der Waals surface area contributed by atoms with E-state index in [-0.39, 0.29) is 0 Å². The van der Waals surface area contributed by atoms with Crippen molar-refractivity contribution in [3.8, 4) is 0 Å². The van der Waals surface area contributed by atoms with Crippen LogP contribution in [-0.4, -0.2) is 34.6 Å². The maximum absolute atomic E-state index is 6.16. The fraction of sp³-hybridized carbons (Fsp3) is 0.133. The van der Waals surface area contributed by atoms with Gasteiger partial charge in [-0.3, -0.25) is 0 Å². The second kappa shape index (κ2) is 11.6. The summed E-state index contributed by atoms with van der Waals surface area (Å²) in [5.74, 6) is 1.40. The Bertz CT molecular complexity index is 1420. The van der Waals surface area contributed by atoms with Crippen molar-refractivity contribution >= 4 is 58.1 Å². The van der Waals surface area contributed by atoms with Crippen molar-refractivity contribution in [2.24, 2.45) is 10.3 Å². The molecule has 0 radical (unpaired) electrons. The van der Waals surface area contributed by atoms with Gasteiger partial charge in [-0.1, -0.05) is 81.0 Å². The Hall–Kier alpha value is -3.42. The lowest BCUT2D eigenvalue weighted by molar-refractivity contribution is -0.0108. The molecule has 202 valence electrons. The van der Waals surface area contributed by atoms with Gasteiger partial charge in [-0.15, -0.1) is 0 Å². The van der Waals surface area contributed by atoms with Crippen LogP contribution in [-0.2, 0) is 9.68 Å². The van der Waals surface area contributed by atoms with Crippen LogP contribution < -0.4 is 0 Å². The first-order valence-electron chi connectivity index (χ1n) is 12.5. The number of hydrogen-bond donors (Lipinski definition) is 0. The molecule has 40 heavy (non-hydrogen) atoms. The Labute approximate surface area is 251 Å². The second-order valence-corrected chi connectivity index (χ2v) is 11.0. The highest BCUT2D eigenvalue weighted by Gasteiger charge is 2.36. The maximum Gasteiger partial charge on any atom is 0.227 e. The van der Waals surface area contributed by atoms with E-state index in [0.29, 0.717) is 44.9 Å². The van der Waals surface area contributed by atoms with Crippen molar-refractivity contribution < 1.29 is 9.68 Å². The number of oxime groups is 2. The van der Waals surface area contributed by atoms with Crippen LogP contribution >= 0.6 is 46.4 Å². The van der Waals surface area contributed by atoms with Crippen molar-refractivity contribution in [1.29, 1.82) is 0 Å². The van der Waals surface area contributed by atoms with Crippen molar-refractivity contribution in [3.63, 3.8) is 0 Å². The van der Waals surface area contributed by atoms with Crippen LogP contribution in [0.1, 0.15) is 34.7 Å². The Morgan fingerprint density at radius 3 is 1.10 bits per heavy atom. The van der Waals surface area contributed by atoms with Crippen molar-refractivity contribution in [2.45, 2.75) is 12.5 Å². The molecule has 2 heterocycles. The summed E-state index contributed by atoms with van der Waals surface area (Å²) in [6, 6.07) is 30.2. The molecule has 6 nitrogen and oxygen atoms in total. The molecule has 6 rings (SSSR count). The van der Waals surface area contributed by atoms with E-state index in [0.717, 1.165) is 22.3 Å². The van der Waals surface area contributed by atoms with Gasteiger partial charge in [0.15, 0.2) is 11.7 Å². The molecule has 0 spiro atoms. The molecule has 0 bridgehead atoms. The van der Waals surface area contributed by atoms with Crippen LogP contribution in [0.2, 0.25) is 20.1 Å². The molecule has 0 aromatic heterocycles. The minimum atomic E-state index is -0.448. The molecular weight excluding hydrogens is 590 g/mol. The molecule has 0 aliphatic carbocycles. The smallest absolute Gasteiger partial charge is 0.227 e. The van der Waals surface area contributed by atoms with Crippen LogP contribution in [0.4, 0.5) is 0 Å². The van der Waals surface area contributed by atoms with E-state index in [1.807, 2.05) is 97.1 Å². The number of amidine groups is 2. The van der Waals surface area contributed by atoms with Crippen LogP contribution in [0.5, 0.6) is 0 Å². The number of nitrogens with zero attached hydrogens (tertiary/aromatic N) is 4. The quantitative estimate of drug-likeness (QED) is 0.211. The number of halogens is 4. The Kier molecular flexibility index (Phi) is 7.76. The van der Waals surface area contributed by atoms with Gasteiger partial charge in [0.05, 0.1) is 0 Å². The maximum atomic E-state index is 6.16. The first-order chi connectivity index (χ1) is 19.5. The number of rotatable bonds is 7. The third kappa shape index (κ3) is 5.58. The van der Waals surface area contributed by atoms with Gasteiger partial charge in [-0.25, -0.2) is 0 Å². The SMILES string of the molecule is Clc1ccc(C2=NOC(c3ccc(Cl)cc3)N2CCN2C(c3ccc(Cl)cc3)=NOC2c2ccc(Cl)cc2)cc1. The van der Waals surface area contributed by atoms with Gasteiger partial charge in [-0.2, -0.15) is 0 Å². The molecular formula is C30H22Cl4N4O2. The molecule has 2 atom stereocenters. The highest BCUT2D eigenvalue weighted by molar-refractivity contribution is 6.31. The summed E-state index contributed by atoms with van der Waals surface area (Å²) in [6.07, 6.45) is -0.896. The minimum absolute atomic E-state index is 0.448. The number of benzene rings is 4. The molecule has 2 unspecified atom stereocenters. The highest BCUT2D eigenvalue weighted by atomic mass is 35.5. The summed E-state index contributed by atoms with van der Waals surface area (Å²) < 4.78 is 0. The zero-order valence-electron chi connectivity index (χ0n) is 20.9. The molecule has 0 fully saturated rings. The normalized spacial score (nSPS) is 18.3. The zero-order chi connectivity index (χ0) is 27.6. The zero-order valence-corrected chi connectivity index (χ0v) is 23.9. The minimum Gasteiger partial charge on any atom is -0.363 e. The van der Waals surface area contributed by atoms with Crippen molar-refractivity contribution in [2.75, 3.05) is 13.1 Å². The average Bonchev–Trinajstić information content (AvgIpc) is 3.58. The van der Waals surface area contributed by atoms with Gasteiger partial charge in [0.25, 0.3) is 0 Å². The summed E-state index contributed by atoms with van der Waals surface area (Å²) in [5.41, 5.74) is 3.63. The summed E-state index contributed by atoms with van der Waals surface area (Å²) in [4.78, 5) is 16.2. The molecule has 0 amide bonds. The summed E-state index contributed by atoms with van der Waals surface area (Å²) in [5, 5.41) is 11.5. The van der Waals surface area contributed by atoms with Gasteiger partial charge in [-0.05, 0) is 72.8 Å². The molecule has 4 aromatic rings. The van der Waals surface area contributed by atoms with E-state index in [4.69, 9.17) is 56.1 Å². The molecule has 0 N–H and O–H groups in total. The lowest BCUT2D eigenvalue weighted by Gasteiger charge is -2.31. The van der Waals surface area contributed by atoms with E-state index in [2.05, 4.69) is 20.1 Å². The summed E-state index contributed by atoms with van der Waals surface area (Å²) >= 11 is 24.7.